The topological polar surface area (TPSA) is 35.5 Å². The Morgan fingerprint density at radius 2 is 1.42 bits per heavy atom. The maximum absolute atomic E-state index is 12.1. The molecule has 3 atom stereocenters. The Bertz CT molecular complexity index is 670. The van der Waals surface area contributed by atoms with Gasteiger partial charge in [-0.15, -0.1) is 6.42 Å². The molecule has 0 aliphatic carbocycles. The SMILES string of the molecule is C#CC(=O)[C@@H](C)[C@@H](/C=C/C=C/CCC(C)O[Si](C)(C)C(C)(C)C)O[Si](C)(C)C(C)(C)C. The Morgan fingerprint density at radius 3 is 1.87 bits per heavy atom. The molecule has 0 heterocycles. The second-order valence-corrected chi connectivity index (χ2v) is 21.2. The summed E-state index contributed by atoms with van der Waals surface area (Å²) in [6, 6.07) is 0. The van der Waals surface area contributed by atoms with Crippen molar-refractivity contribution >= 4 is 22.4 Å². The fourth-order valence-corrected chi connectivity index (χ4v) is 5.32. The standard InChI is InChI=1S/C26H48O3Si2/c1-14-23(27)22(3)24(29-31(12,13)26(7,8)9)20-18-16-15-17-19-21(2)28-30(10,11)25(4,5)6/h1,15-16,18,20-22,24H,17,19H2,2-13H3/b16-15+,20-18+/t21?,22-,24-/m1/s1. The Morgan fingerprint density at radius 1 is 0.935 bits per heavy atom. The number of Topliss-reactive ketones (excluding diaryl/α,β-unsaturated/α-hetero) is 1. The summed E-state index contributed by atoms with van der Waals surface area (Å²) in [6.07, 6.45) is 15.4. The van der Waals surface area contributed by atoms with E-state index in [0.717, 1.165) is 12.8 Å². The van der Waals surface area contributed by atoms with Crippen molar-refractivity contribution in [3.05, 3.63) is 24.3 Å². The normalized spacial score (nSPS) is 17.0. The lowest BCUT2D eigenvalue weighted by Crippen LogP contribution is -2.45. The van der Waals surface area contributed by atoms with Crippen molar-refractivity contribution < 1.29 is 13.6 Å². The molecule has 0 fully saturated rings. The van der Waals surface area contributed by atoms with Gasteiger partial charge in [0.25, 0.3) is 0 Å². The summed E-state index contributed by atoms with van der Waals surface area (Å²) in [5.41, 5.74) is 0. The zero-order valence-electron chi connectivity index (χ0n) is 22.3. The second-order valence-electron chi connectivity index (χ2n) is 11.7. The molecule has 0 aromatic carbocycles. The molecule has 0 aliphatic heterocycles. The van der Waals surface area contributed by atoms with Gasteiger partial charge in [0, 0.05) is 6.10 Å². The molecular weight excluding hydrogens is 416 g/mol. The number of hydrogen-bond acceptors (Lipinski definition) is 3. The van der Waals surface area contributed by atoms with Gasteiger partial charge >= 0.3 is 0 Å². The molecule has 0 saturated carbocycles. The molecule has 0 saturated heterocycles. The molecule has 0 spiro atoms. The van der Waals surface area contributed by atoms with Crippen LogP contribution in [0.4, 0.5) is 0 Å². The maximum atomic E-state index is 12.1. The lowest BCUT2D eigenvalue weighted by atomic mass is 10.00. The van der Waals surface area contributed by atoms with E-state index in [1.54, 1.807) is 0 Å². The lowest BCUT2D eigenvalue weighted by molar-refractivity contribution is -0.118. The number of terminal acetylenes is 1. The Balaban J connectivity index is 5.01. The van der Waals surface area contributed by atoms with E-state index in [2.05, 4.69) is 86.7 Å². The number of hydrogen-bond donors (Lipinski definition) is 0. The first-order chi connectivity index (χ1) is 13.9. The van der Waals surface area contributed by atoms with Crippen molar-refractivity contribution in [3.8, 4) is 12.3 Å². The molecule has 5 heteroatoms. The molecule has 0 aromatic rings. The Kier molecular flexibility index (Phi) is 11.4. The smallest absolute Gasteiger partial charge is 0.210 e. The fourth-order valence-electron chi connectivity index (χ4n) is 2.52. The van der Waals surface area contributed by atoms with Gasteiger partial charge in [-0.3, -0.25) is 4.79 Å². The maximum Gasteiger partial charge on any atom is 0.210 e. The summed E-state index contributed by atoms with van der Waals surface area (Å²) in [5.74, 6) is 1.68. The molecule has 0 aromatic heterocycles. The van der Waals surface area contributed by atoms with Gasteiger partial charge in [0.15, 0.2) is 16.6 Å². The minimum atomic E-state index is -2.03. The van der Waals surface area contributed by atoms with Gasteiger partial charge in [-0.25, -0.2) is 0 Å². The van der Waals surface area contributed by atoms with Crippen LogP contribution in [0.3, 0.4) is 0 Å². The number of ketones is 1. The Hall–Kier alpha value is -0.936. The third kappa shape index (κ3) is 10.0. The number of carbonyl (C=O) groups excluding carboxylic acids is 1. The molecule has 31 heavy (non-hydrogen) atoms. The number of carbonyl (C=O) groups is 1. The van der Waals surface area contributed by atoms with E-state index in [9.17, 15) is 4.79 Å². The zero-order chi connectivity index (χ0) is 24.7. The van der Waals surface area contributed by atoms with Crippen molar-refractivity contribution in [2.45, 2.75) is 117 Å². The summed E-state index contributed by atoms with van der Waals surface area (Å²) in [6.45, 7) is 26.4. The first-order valence-electron chi connectivity index (χ1n) is 11.5. The average Bonchev–Trinajstić information content (AvgIpc) is 2.59. The van der Waals surface area contributed by atoms with E-state index in [1.165, 1.54) is 0 Å². The quantitative estimate of drug-likeness (QED) is 0.137. The highest BCUT2D eigenvalue weighted by atomic mass is 28.4. The van der Waals surface area contributed by atoms with Crippen molar-refractivity contribution in [1.82, 2.24) is 0 Å². The van der Waals surface area contributed by atoms with Gasteiger partial charge in [-0.05, 0) is 62.0 Å². The van der Waals surface area contributed by atoms with Crippen LogP contribution in [-0.2, 0) is 13.6 Å². The minimum Gasteiger partial charge on any atom is -0.414 e. The molecule has 0 radical (unpaired) electrons. The van der Waals surface area contributed by atoms with Gasteiger partial charge < -0.3 is 8.85 Å². The van der Waals surface area contributed by atoms with Crippen molar-refractivity contribution in [1.29, 1.82) is 0 Å². The second kappa shape index (κ2) is 11.8. The fraction of sp³-hybridized carbons (Fsp3) is 0.731. The molecule has 0 aliphatic rings. The van der Waals surface area contributed by atoms with Crippen molar-refractivity contribution in [2.24, 2.45) is 5.92 Å². The van der Waals surface area contributed by atoms with Crippen LogP contribution in [0, 0.1) is 18.3 Å². The van der Waals surface area contributed by atoms with Gasteiger partial charge in [0.2, 0.25) is 5.78 Å². The van der Waals surface area contributed by atoms with Gasteiger partial charge in [-0.1, -0.05) is 72.8 Å². The highest BCUT2D eigenvalue weighted by molar-refractivity contribution is 6.74. The van der Waals surface area contributed by atoms with Crippen LogP contribution in [0.5, 0.6) is 0 Å². The van der Waals surface area contributed by atoms with Gasteiger partial charge in [0.05, 0.1) is 12.0 Å². The van der Waals surface area contributed by atoms with Gasteiger partial charge in [0.1, 0.15) is 0 Å². The third-order valence-electron chi connectivity index (χ3n) is 6.88. The van der Waals surface area contributed by atoms with Crippen molar-refractivity contribution in [2.75, 3.05) is 0 Å². The first kappa shape index (κ1) is 30.1. The van der Waals surface area contributed by atoms with Crippen LogP contribution >= 0.6 is 0 Å². The van der Waals surface area contributed by atoms with Crippen molar-refractivity contribution in [3.63, 3.8) is 0 Å². The first-order valence-corrected chi connectivity index (χ1v) is 17.4. The molecule has 0 bridgehead atoms. The summed E-state index contributed by atoms with van der Waals surface area (Å²) in [4.78, 5) is 12.1. The third-order valence-corrected chi connectivity index (χ3v) is 16.0. The summed E-state index contributed by atoms with van der Waals surface area (Å²) in [5, 5.41) is 0.291. The van der Waals surface area contributed by atoms with Crippen LogP contribution in [0.2, 0.25) is 36.3 Å². The minimum absolute atomic E-state index is 0.0636. The van der Waals surface area contributed by atoms with Crippen LogP contribution < -0.4 is 0 Å². The van der Waals surface area contributed by atoms with E-state index in [1.807, 2.05) is 25.2 Å². The molecule has 0 rings (SSSR count). The molecule has 1 unspecified atom stereocenters. The van der Waals surface area contributed by atoms with Crippen LogP contribution in [0.15, 0.2) is 24.3 Å². The highest BCUT2D eigenvalue weighted by Gasteiger charge is 2.40. The number of rotatable bonds is 11. The monoisotopic (exact) mass is 464 g/mol. The molecule has 0 N–H and O–H groups in total. The lowest BCUT2D eigenvalue weighted by Gasteiger charge is -2.39. The van der Waals surface area contributed by atoms with Crippen LogP contribution in [-0.4, -0.2) is 34.6 Å². The average molecular weight is 465 g/mol. The summed E-state index contributed by atoms with van der Waals surface area (Å²) in [7, 11) is -3.75. The van der Waals surface area contributed by atoms with Gasteiger partial charge in [-0.2, -0.15) is 0 Å². The summed E-state index contributed by atoms with van der Waals surface area (Å²) < 4.78 is 12.9. The van der Waals surface area contributed by atoms with Crippen LogP contribution in [0.1, 0.15) is 68.2 Å². The molecule has 178 valence electrons. The predicted molar refractivity (Wildman–Crippen MR) is 140 cm³/mol. The molecule has 0 amide bonds. The predicted octanol–water partition coefficient (Wildman–Crippen LogP) is 7.52. The molecule has 3 nitrogen and oxygen atoms in total. The zero-order valence-corrected chi connectivity index (χ0v) is 24.3. The van der Waals surface area contributed by atoms with E-state index in [-0.39, 0.29) is 34.0 Å². The van der Waals surface area contributed by atoms with E-state index in [0.29, 0.717) is 0 Å². The van der Waals surface area contributed by atoms with E-state index >= 15 is 0 Å². The molecular formula is C26H48O3Si2. The number of allylic oxidation sites excluding steroid dienone is 3. The van der Waals surface area contributed by atoms with E-state index in [4.69, 9.17) is 15.3 Å². The largest absolute Gasteiger partial charge is 0.414 e. The van der Waals surface area contributed by atoms with E-state index < -0.39 is 16.6 Å². The highest BCUT2D eigenvalue weighted by Crippen LogP contribution is 2.39. The summed E-state index contributed by atoms with van der Waals surface area (Å²) >= 11 is 0. The Labute approximate surface area is 195 Å². The van der Waals surface area contributed by atoms with Crippen LogP contribution in [0.25, 0.3) is 0 Å².